The van der Waals surface area contributed by atoms with Gasteiger partial charge in [-0.25, -0.2) is 4.99 Å². The Bertz CT molecular complexity index is 594. The molecule has 0 radical (unpaired) electrons. The summed E-state index contributed by atoms with van der Waals surface area (Å²) in [6, 6.07) is 0.550. The van der Waals surface area contributed by atoms with Crippen LogP contribution in [0, 0.1) is 5.41 Å². The molecule has 1 saturated carbocycles. The zero-order valence-electron chi connectivity index (χ0n) is 17.4. The maximum atomic E-state index is 12.9. The zero-order chi connectivity index (χ0) is 19.2. The fourth-order valence-corrected chi connectivity index (χ4v) is 3.22. The van der Waals surface area contributed by atoms with E-state index in [1.807, 2.05) is 60.6 Å². The minimum Gasteiger partial charge on any atom is -0.357 e. The number of allylic oxidation sites excluding steroid dienone is 5. The molecule has 0 aliphatic heterocycles. The highest BCUT2D eigenvalue weighted by atomic mass is 16.1. The summed E-state index contributed by atoms with van der Waals surface area (Å²) in [5, 5.41) is 0. The van der Waals surface area contributed by atoms with E-state index in [4.69, 9.17) is 4.99 Å². The highest BCUT2D eigenvalue weighted by Gasteiger charge is 2.28. The molecule has 0 spiro atoms. The summed E-state index contributed by atoms with van der Waals surface area (Å²) in [4.78, 5) is 20.2. The Kier molecular flexibility index (Phi) is 7.85. The predicted molar refractivity (Wildman–Crippen MR) is 109 cm³/mol. The van der Waals surface area contributed by atoms with E-state index < -0.39 is 5.41 Å². The van der Waals surface area contributed by atoms with Crippen LogP contribution in [0.4, 0.5) is 0 Å². The molecule has 0 atom stereocenters. The van der Waals surface area contributed by atoms with E-state index in [9.17, 15) is 4.79 Å². The second-order valence-electron chi connectivity index (χ2n) is 7.91. The van der Waals surface area contributed by atoms with Crippen LogP contribution < -0.4 is 0 Å². The van der Waals surface area contributed by atoms with E-state index >= 15 is 0 Å². The van der Waals surface area contributed by atoms with Gasteiger partial charge in [-0.3, -0.25) is 4.79 Å². The molecule has 3 heteroatoms. The van der Waals surface area contributed by atoms with E-state index in [1.165, 1.54) is 25.7 Å². The molecule has 0 aromatic carbocycles. The number of hydrogen-bond acceptors (Lipinski definition) is 3. The molecule has 0 N–H and O–H groups in total. The maximum Gasteiger partial charge on any atom is 0.170 e. The van der Waals surface area contributed by atoms with Crippen molar-refractivity contribution >= 4 is 11.5 Å². The highest BCUT2D eigenvalue weighted by Crippen LogP contribution is 2.27. The average molecular weight is 345 g/mol. The summed E-state index contributed by atoms with van der Waals surface area (Å²) in [6.45, 7) is 13.9. The van der Waals surface area contributed by atoms with E-state index in [2.05, 4.69) is 18.0 Å². The van der Waals surface area contributed by atoms with Crippen LogP contribution in [-0.4, -0.2) is 29.5 Å². The third kappa shape index (κ3) is 5.42. The third-order valence-electron chi connectivity index (χ3n) is 4.99. The monoisotopic (exact) mass is 344 g/mol. The Morgan fingerprint density at radius 1 is 1.04 bits per heavy atom. The van der Waals surface area contributed by atoms with Crippen molar-refractivity contribution in [3.8, 4) is 0 Å². The van der Waals surface area contributed by atoms with Crippen LogP contribution in [-0.2, 0) is 4.79 Å². The van der Waals surface area contributed by atoms with Gasteiger partial charge in [0, 0.05) is 24.1 Å². The van der Waals surface area contributed by atoms with Crippen molar-refractivity contribution in [3.05, 3.63) is 35.2 Å². The first-order valence-electron chi connectivity index (χ1n) is 9.49. The van der Waals surface area contributed by atoms with Crippen molar-refractivity contribution in [1.29, 1.82) is 0 Å². The van der Waals surface area contributed by atoms with E-state index in [0.29, 0.717) is 11.6 Å². The summed E-state index contributed by atoms with van der Waals surface area (Å²) in [5.74, 6) is 1.08. The fourth-order valence-electron chi connectivity index (χ4n) is 3.22. The van der Waals surface area contributed by atoms with Crippen molar-refractivity contribution < 1.29 is 4.79 Å². The van der Waals surface area contributed by atoms with Gasteiger partial charge in [-0.2, -0.15) is 0 Å². The van der Waals surface area contributed by atoms with Gasteiger partial charge in [0.2, 0.25) is 0 Å². The maximum absolute atomic E-state index is 12.9. The second kappa shape index (κ2) is 9.17. The minimum atomic E-state index is -0.427. The van der Waals surface area contributed by atoms with Gasteiger partial charge >= 0.3 is 0 Å². The van der Waals surface area contributed by atoms with Crippen LogP contribution in [0.5, 0.6) is 0 Å². The van der Waals surface area contributed by atoms with Gasteiger partial charge in [-0.15, -0.1) is 0 Å². The topological polar surface area (TPSA) is 32.7 Å². The number of carbonyl (C=O) groups is 1. The molecule has 0 amide bonds. The number of carbonyl (C=O) groups excluding carboxylic acids is 1. The van der Waals surface area contributed by atoms with Crippen molar-refractivity contribution in [3.63, 3.8) is 0 Å². The van der Waals surface area contributed by atoms with E-state index in [0.717, 1.165) is 17.1 Å². The van der Waals surface area contributed by atoms with Gasteiger partial charge in [0.25, 0.3) is 0 Å². The Morgan fingerprint density at radius 2 is 1.60 bits per heavy atom. The zero-order valence-corrected chi connectivity index (χ0v) is 17.4. The summed E-state index contributed by atoms with van der Waals surface area (Å²) >= 11 is 0. The van der Waals surface area contributed by atoms with Crippen LogP contribution >= 0.6 is 0 Å². The Hall–Kier alpha value is -1.64. The molecule has 0 aromatic rings. The van der Waals surface area contributed by atoms with Crippen LogP contribution in [0.15, 0.2) is 40.2 Å². The van der Waals surface area contributed by atoms with Crippen molar-refractivity contribution in [1.82, 2.24) is 4.90 Å². The Labute approximate surface area is 154 Å². The fraction of sp³-hybridized carbons (Fsp3) is 0.636. The Balaban J connectivity index is 3.33. The van der Waals surface area contributed by atoms with Crippen molar-refractivity contribution in [2.24, 2.45) is 10.4 Å². The molecule has 1 fully saturated rings. The number of hydrogen-bond donors (Lipinski definition) is 0. The van der Waals surface area contributed by atoms with Gasteiger partial charge in [-0.05, 0) is 52.2 Å². The molecule has 3 nitrogen and oxygen atoms in total. The smallest absolute Gasteiger partial charge is 0.170 e. The molecule has 0 saturated heterocycles. The molecule has 25 heavy (non-hydrogen) atoms. The largest absolute Gasteiger partial charge is 0.357 e. The molecular formula is C22H36N2O. The first kappa shape index (κ1) is 21.4. The lowest BCUT2D eigenvalue weighted by atomic mass is 9.83. The number of Topliss-reactive ketones (excluding diaryl/α,β-unsaturated/α-hetero) is 1. The van der Waals surface area contributed by atoms with Gasteiger partial charge in [0.05, 0.1) is 5.71 Å². The lowest BCUT2D eigenvalue weighted by Gasteiger charge is -2.28. The van der Waals surface area contributed by atoms with E-state index in [-0.39, 0.29) is 5.78 Å². The lowest BCUT2D eigenvalue weighted by molar-refractivity contribution is -0.121. The molecule has 0 heterocycles. The van der Waals surface area contributed by atoms with Gasteiger partial charge in [0.15, 0.2) is 5.78 Å². The molecule has 0 aromatic heterocycles. The molecule has 140 valence electrons. The standard InChI is InChI=1S/C22H36N2O/c1-9-16(4)20(18(10-2)21(25)22(5,6)7)23-19(11-3)24(8)17-14-12-13-15-17/h9-11,17H,12-15H2,1-8H3/b16-9?,18-10+,19-11+,23-20+. The molecule has 1 aliphatic carbocycles. The molecular weight excluding hydrogens is 308 g/mol. The predicted octanol–water partition coefficient (Wildman–Crippen LogP) is 5.69. The van der Waals surface area contributed by atoms with Crippen LogP contribution in [0.2, 0.25) is 0 Å². The van der Waals surface area contributed by atoms with Gasteiger partial charge < -0.3 is 4.90 Å². The van der Waals surface area contributed by atoms with E-state index in [1.54, 1.807) is 0 Å². The number of ketones is 1. The van der Waals surface area contributed by atoms with Gasteiger partial charge in [0.1, 0.15) is 5.82 Å². The third-order valence-corrected chi connectivity index (χ3v) is 4.99. The van der Waals surface area contributed by atoms with Crippen LogP contribution in [0.3, 0.4) is 0 Å². The van der Waals surface area contributed by atoms with Crippen LogP contribution in [0.1, 0.15) is 74.1 Å². The second-order valence-corrected chi connectivity index (χ2v) is 7.91. The summed E-state index contributed by atoms with van der Waals surface area (Å²) in [5.41, 5.74) is 2.11. The number of aliphatic imine (C=N–C) groups is 1. The van der Waals surface area contributed by atoms with Gasteiger partial charge in [-0.1, -0.05) is 45.8 Å². The summed E-state index contributed by atoms with van der Waals surface area (Å²) in [7, 11) is 2.12. The Morgan fingerprint density at radius 3 is 2.00 bits per heavy atom. The number of rotatable bonds is 6. The van der Waals surface area contributed by atoms with Crippen LogP contribution in [0.25, 0.3) is 0 Å². The first-order valence-corrected chi connectivity index (χ1v) is 9.49. The minimum absolute atomic E-state index is 0.133. The molecule has 1 rings (SSSR count). The number of nitrogens with zero attached hydrogens (tertiary/aromatic N) is 2. The summed E-state index contributed by atoms with van der Waals surface area (Å²) in [6.07, 6.45) is 11.0. The van der Waals surface area contributed by atoms with Crippen molar-refractivity contribution in [2.45, 2.75) is 80.2 Å². The lowest BCUT2D eigenvalue weighted by Crippen LogP contribution is -2.30. The summed E-state index contributed by atoms with van der Waals surface area (Å²) < 4.78 is 0. The quantitative estimate of drug-likeness (QED) is 0.458. The molecule has 1 aliphatic rings. The molecule has 0 bridgehead atoms. The first-order chi connectivity index (χ1) is 11.7. The highest BCUT2D eigenvalue weighted by molar-refractivity contribution is 6.29. The van der Waals surface area contributed by atoms with Crippen molar-refractivity contribution in [2.75, 3.05) is 7.05 Å². The SMILES string of the molecule is CC=C(C)C(=N\C(=C/C)N(C)C1CCCC1)/C(=C\C)C(=O)C(C)(C)C. The molecule has 0 unspecified atom stereocenters. The normalized spacial score (nSPS) is 18.7. The average Bonchev–Trinajstić information content (AvgIpc) is 3.10.